The van der Waals surface area contributed by atoms with Crippen molar-refractivity contribution in [3.8, 4) is 56.0 Å². The number of anilines is 7. The van der Waals surface area contributed by atoms with Crippen LogP contribution in [0.15, 0.2) is 206 Å². The Morgan fingerprint density at radius 1 is 0.508 bits per heavy atom. The van der Waals surface area contributed by atoms with E-state index in [1.807, 2.05) is 70.6 Å². The van der Waals surface area contributed by atoms with E-state index in [1.165, 1.54) is 0 Å². The maximum Gasteiger partial charge on any atom is 0.158 e. The lowest BCUT2D eigenvalue weighted by Gasteiger charge is -2.28. The lowest BCUT2D eigenvalue weighted by molar-refractivity contribution is 0.483. The van der Waals surface area contributed by atoms with Gasteiger partial charge in [-0.15, -0.1) is 0 Å². The quantitative estimate of drug-likeness (QED) is 0.159. The summed E-state index contributed by atoms with van der Waals surface area (Å²) in [4.78, 5) is 15.8. The maximum atomic E-state index is 9.05. The van der Waals surface area contributed by atoms with Crippen molar-refractivity contribution >= 4 is 40.1 Å². The summed E-state index contributed by atoms with van der Waals surface area (Å²) in [6.07, 6.45) is 3.51. The van der Waals surface area contributed by atoms with Crippen molar-refractivity contribution in [1.82, 2.24) is 9.97 Å². The molecule has 9 aromatic rings. The van der Waals surface area contributed by atoms with Gasteiger partial charge in [-0.25, -0.2) is 9.97 Å². The number of para-hydroxylation sites is 2. The van der Waals surface area contributed by atoms with Crippen LogP contribution in [0.5, 0.6) is 11.5 Å². The summed E-state index contributed by atoms with van der Waals surface area (Å²) in [5.41, 5.74) is 8.74. The van der Waals surface area contributed by atoms with Crippen LogP contribution in [0.25, 0.3) is 44.5 Å². The molecule has 304 valence electrons. The summed E-state index contributed by atoms with van der Waals surface area (Å²) in [5, 5.41) is 0. The molecule has 63 heavy (non-hydrogen) atoms. The first-order valence-electron chi connectivity index (χ1n) is 25.7. The first-order chi connectivity index (χ1) is 35.0. The largest absolute Gasteiger partial charge is 0.457 e. The molecule has 0 amide bonds. The topological polar surface area (TPSA) is 44.7 Å². The fourth-order valence-corrected chi connectivity index (χ4v) is 8.57. The Morgan fingerprint density at radius 2 is 1.13 bits per heavy atom. The minimum absolute atomic E-state index is 0.0460. The highest BCUT2D eigenvalue weighted by molar-refractivity contribution is 6.02. The molecule has 0 N–H and O–H groups in total. The molecule has 0 spiro atoms. The number of hydrogen-bond acceptors (Lipinski definition) is 6. The number of benzene rings is 7. The van der Waals surface area contributed by atoms with Crippen molar-refractivity contribution in [2.24, 2.45) is 0 Å². The summed E-state index contributed by atoms with van der Waals surface area (Å²) in [5.74, 6) is 2.36. The van der Waals surface area contributed by atoms with Crippen molar-refractivity contribution < 1.29 is 18.4 Å². The van der Waals surface area contributed by atoms with Gasteiger partial charge in [0.2, 0.25) is 0 Å². The second-order valence-electron chi connectivity index (χ2n) is 16.4. The van der Waals surface area contributed by atoms with Crippen LogP contribution in [0.2, 0.25) is 0 Å². The van der Waals surface area contributed by atoms with Crippen molar-refractivity contribution in [3.05, 3.63) is 212 Å². The maximum absolute atomic E-state index is 9.05. The van der Waals surface area contributed by atoms with Crippen LogP contribution in [-0.4, -0.2) is 16.6 Å². The van der Waals surface area contributed by atoms with Crippen LogP contribution in [0.1, 0.15) is 40.0 Å². The Kier molecular flexibility index (Phi) is 7.02. The predicted molar refractivity (Wildman–Crippen MR) is 259 cm³/mol. The summed E-state index contributed by atoms with van der Waals surface area (Å²) >= 11 is 0. The molecule has 0 fully saturated rings. The highest BCUT2D eigenvalue weighted by atomic mass is 16.5. The van der Waals surface area contributed by atoms with E-state index < -0.39 is 60.4 Å². The Labute approximate surface area is 383 Å². The molecule has 0 aliphatic carbocycles. The first-order valence-corrected chi connectivity index (χ1v) is 20.7. The average molecular weight is 826 g/mol. The number of fused-ring (bicyclic) bond motifs is 6. The van der Waals surface area contributed by atoms with Gasteiger partial charge < -0.3 is 14.5 Å². The molecular weight excluding hydrogens is 771 g/mol. The van der Waals surface area contributed by atoms with Gasteiger partial charge in [0, 0.05) is 52.5 Å². The molecular formula is C57H45N5O. The van der Waals surface area contributed by atoms with E-state index in [0.717, 1.165) is 45.0 Å². The van der Waals surface area contributed by atoms with E-state index in [-0.39, 0.29) is 40.0 Å². The number of hydrogen-bond donors (Lipinski definition) is 0. The third kappa shape index (κ3) is 6.86. The second-order valence-corrected chi connectivity index (χ2v) is 16.4. The molecule has 11 rings (SSSR count). The van der Waals surface area contributed by atoms with Crippen LogP contribution in [0.3, 0.4) is 0 Å². The smallest absolute Gasteiger partial charge is 0.158 e. The average Bonchev–Trinajstić information content (AvgIpc) is 3.73. The number of pyridine rings is 2. The molecule has 2 aliphatic heterocycles. The highest BCUT2D eigenvalue weighted by Crippen LogP contribution is 2.53. The van der Waals surface area contributed by atoms with Crippen LogP contribution < -0.4 is 19.4 Å². The van der Waals surface area contributed by atoms with E-state index in [2.05, 4.69) is 80.3 Å². The fraction of sp³-hybridized carbons (Fsp3) is 0.0877. The van der Waals surface area contributed by atoms with Crippen molar-refractivity contribution in [1.29, 1.82) is 0 Å². The van der Waals surface area contributed by atoms with Gasteiger partial charge >= 0.3 is 0 Å². The molecule has 2 aromatic heterocycles. The van der Waals surface area contributed by atoms with Gasteiger partial charge in [-0.3, -0.25) is 4.90 Å². The Bertz CT molecular complexity index is 3600. The van der Waals surface area contributed by atoms with Gasteiger partial charge in [-0.1, -0.05) is 148 Å². The lowest BCUT2D eigenvalue weighted by Crippen LogP contribution is -2.25. The van der Waals surface area contributed by atoms with Crippen molar-refractivity contribution in [2.45, 2.75) is 26.2 Å². The van der Waals surface area contributed by atoms with E-state index in [9.17, 15) is 0 Å². The molecule has 0 bridgehead atoms. The van der Waals surface area contributed by atoms with E-state index >= 15 is 0 Å². The summed E-state index contributed by atoms with van der Waals surface area (Å²) < 4.78 is 94.1. The number of aromatic nitrogens is 2. The zero-order valence-corrected chi connectivity index (χ0v) is 34.7. The fourth-order valence-electron chi connectivity index (χ4n) is 8.57. The van der Waals surface area contributed by atoms with E-state index in [4.69, 9.17) is 28.4 Å². The second kappa shape index (κ2) is 15.5. The van der Waals surface area contributed by atoms with Crippen LogP contribution in [0, 0.1) is 0 Å². The van der Waals surface area contributed by atoms with Gasteiger partial charge in [0.05, 0.1) is 36.5 Å². The Hall–Kier alpha value is -7.96. The SMILES string of the molecule is [2H]c1c([2H])c([2H])c(-c2cccc(-c3c([2H])c([2H])c([2H])c([2H])c3[2H])c2N2CN(c3cccc(Oc4ccc5c(c4)N(c4cc(C(C)(C)C)ccn4)c4ccccc4-c4ccccc4-5)c3)c3ncccc32)c([2H])c1[2H]. The molecule has 0 saturated heterocycles. The molecule has 7 aromatic carbocycles. The molecule has 4 heterocycles. The number of rotatable bonds is 7. The van der Waals surface area contributed by atoms with Crippen LogP contribution in [-0.2, 0) is 5.41 Å². The van der Waals surface area contributed by atoms with E-state index in [1.54, 1.807) is 30.5 Å². The van der Waals surface area contributed by atoms with Crippen molar-refractivity contribution in [3.63, 3.8) is 0 Å². The first kappa shape index (κ1) is 28.5. The van der Waals surface area contributed by atoms with Crippen molar-refractivity contribution in [2.75, 3.05) is 21.4 Å². The van der Waals surface area contributed by atoms with Gasteiger partial charge in [-0.2, -0.15) is 0 Å². The molecule has 0 radical (unpaired) electrons. The summed E-state index contributed by atoms with van der Waals surface area (Å²) in [6, 6.07) is 37.8. The third-order valence-electron chi connectivity index (χ3n) is 11.5. The Balaban J connectivity index is 1.03. The predicted octanol–water partition coefficient (Wildman–Crippen LogP) is 15.3. The van der Waals surface area contributed by atoms with E-state index in [0.29, 0.717) is 28.7 Å². The normalized spacial score (nSPS) is 15.1. The molecule has 0 saturated carbocycles. The van der Waals surface area contributed by atoms with Gasteiger partial charge in [0.1, 0.15) is 24.0 Å². The molecule has 6 heteroatoms. The minimum atomic E-state index is -0.562. The standard InChI is InChI=1S/C57H45N5O/c1-57(2,3)41-32-34-58-54(35-41)62-51-28-13-12-25-49(51)47-23-10-11-24-48(47)50-31-30-44(37-53(50)62)63-43-22-14-21-42(36-43)60-38-61(52-29-16-33-59-56(52)60)55-45(39-17-6-4-7-18-39)26-15-27-46(55)40-19-8-5-9-20-40/h4-37H,38H2,1-3H3/i4D,5D,6D,7D,8D,9D,17D,18D,19D,20D. The van der Waals surface area contributed by atoms with Crippen LogP contribution in [0.4, 0.5) is 40.1 Å². The van der Waals surface area contributed by atoms with Gasteiger partial charge in [0.15, 0.2) is 5.82 Å². The Morgan fingerprint density at radius 3 is 1.84 bits per heavy atom. The zero-order valence-electron chi connectivity index (χ0n) is 44.7. The zero-order chi connectivity index (χ0) is 51.2. The lowest BCUT2D eigenvalue weighted by atomic mass is 9.87. The summed E-state index contributed by atoms with van der Waals surface area (Å²) in [7, 11) is 0. The monoisotopic (exact) mass is 825 g/mol. The molecule has 6 nitrogen and oxygen atoms in total. The molecule has 2 aliphatic rings. The number of ether oxygens (including phenoxy) is 1. The number of nitrogens with zero attached hydrogens (tertiary/aromatic N) is 5. The summed E-state index contributed by atoms with van der Waals surface area (Å²) in [6.45, 7) is 6.61. The van der Waals surface area contributed by atoms with Crippen LogP contribution >= 0.6 is 0 Å². The van der Waals surface area contributed by atoms with Gasteiger partial charge in [-0.05, 0) is 87.8 Å². The highest BCUT2D eigenvalue weighted by Gasteiger charge is 2.33. The minimum Gasteiger partial charge on any atom is -0.457 e. The molecule has 0 unspecified atom stereocenters. The third-order valence-corrected chi connectivity index (χ3v) is 11.5. The molecule has 0 atom stereocenters. The van der Waals surface area contributed by atoms with Gasteiger partial charge in [0.25, 0.3) is 0 Å².